The molecule has 2 N–H and O–H groups in total. The van der Waals surface area contributed by atoms with E-state index in [1.54, 1.807) is 4.40 Å². The molecule has 0 saturated carbocycles. The predicted octanol–water partition coefficient (Wildman–Crippen LogP) is -0.0259. The zero-order valence-corrected chi connectivity index (χ0v) is 16.6. The molecule has 9 nitrogen and oxygen atoms in total. The van der Waals surface area contributed by atoms with Gasteiger partial charge in [0, 0.05) is 18.0 Å². The maximum Gasteiger partial charge on any atom is 0.350 e. The molecule has 3 heterocycles. The number of aromatic nitrogens is 3. The topological polar surface area (TPSA) is 115 Å². The minimum absolute atomic E-state index is 0.00562. The molecular weight excluding hydrogens is 394 g/mol. The molecule has 1 atom stereocenters. The average Bonchev–Trinajstić information content (AvgIpc) is 3.20. The van der Waals surface area contributed by atoms with Crippen LogP contribution in [0.2, 0.25) is 0 Å². The van der Waals surface area contributed by atoms with Gasteiger partial charge in [-0.1, -0.05) is 24.3 Å². The van der Waals surface area contributed by atoms with Gasteiger partial charge in [-0.05, 0) is 30.0 Å². The molecular formula is C19H21N5O4S. The van der Waals surface area contributed by atoms with Crippen LogP contribution in [-0.2, 0) is 21.2 Å². The van der Waals surface area contributed by atoms with E-state index in [0.29, 0.717) is 5.65 Å². The van der Waals surface area contributed by atoms with Gasteiger partial charge in [-0.3, -0.25) is 4.79 Å². The summed E-state index contributed by atoms with van der Waals surface area (Å²) >= 11 is 0. The van der Waals surface area contributed by atoms with Crippen molar-refractivity contribution < 1.29 is 13.2 Å². The van der Waals surface area contributed by atoms with Crippen LogP contribution in [0.3, 0.4) is 0 Å². The van der Waals surface area contributed by atoms with Crippen molar-refractivity contribution in [3.63, 3.8) is 0 Å². The molecule has 1 aliphatic heterocycles. The number of para-hydroxylation sites is 1. The second-order valence-electron chi connectivity index (χ2n) is 7.05. The summed E-state index contributed by atoms with van der Waals surface area (Å²) in [7, 11) is -3.16. The van der Waals surface area contributed by atoms with Crippen LogP contribution in [-0.4, -0.2) is 53.4 Å². The minimum atomic E-state index is -3.16. The third-order valence-electron chi connectivity index (χ3n) is 4.84. The Balaban J connectivity index is 1.40. The number of carbonyl (C=O) groups is 1. The number of nitrogens with one attached hydrogen (secondary N) is 2. The van der Waals surface area contributed by atoms with Crippen LogP contribution in [0, 0.1) is 6.92 Å². The lowest BCUT2D eigenvalue weighted by Crippen LogP contribution is -2.41. The summed E-state index contributed by atoms with van der Waals surface area (Å²) in [5.74, 6) is -0.314. The lowest BCUT2D eigenvalue weighted by atomic mass is 10.1. The standard InChI is InChI=1S/C19H21N5O4S/c1-13-10-14-4-2-3-5-16(14)24-18(13)22-23(19(24)26)8-7-20-17(25)11-21-15-6-9-29(27,28)12-15/h2-6,9-10,15,21H,7-8,11-12H2,1H3,(H,20,25). The van der Waals surface area contributed by atoms with E-state index in [0.717, 1.165) is 21.9 Å². The van der Waals surface area contributed by atoms with E-state index in [1.165, 1.54) is 10.8 Å². The van der Waals surface area contributed by atoms with Crippen LogP contribution < -0.4 is 16.3 Å². The first-order valence-corrected chi connectivity index (χ1v) is 10.9. The molecule has 3 aromatic rings. The Morgan fingerprint density at radius 1 is 1.31 bits per heavy atom. The molecule has 1 aliphatic rings. The molecule has 1 unspecified atom stereocenters. The van der Waals surface area contributed by atoms with Gasteiger partial charge in [0.05, 0.1) is 24.4 Å². The molecule has 10 heteroatoms. The van der Waals surface area contributed by atoms with Crippen molar-refractivity contribution in [2.75, 3.05) is 18.8 Å². The normalized spacial score (nSPS) is 17.9. The van der Waals surface area contributed by atoms with Crippen molar-refractivity contribution in [1.82, 2.24) is 24.8 Å². The number of nitrogens with zero attached hydrogens (tertiary/aromatic N) is 3. The minimum Gasteiger partial charge on any atom is -0.353 e. The predicted molar refractivity (Wildman–Crippen MR) is 109 cm³/mol. The highest BCUT2D eigenvalue weighted by Crippen LogP contribution is 2.17. The number of rotatable bonds is 6. The Labute approximate surface area is 166 Å². The Hall–Kier alpha value is -2.98. The first kappa shape index (κ1) is 19.3. The zero-order valence-electron chi connectivity index (χ0n) is 15.8. The van der Waals surface area contributed by atoms with Crippen molar-refractivity contribution in [2.45, 2.75) is 19.5 Å². The van der Waals surface area contributed by atoms with Gasteiger partial charge in [-0.2, -0.15) is 0 Å². The summed E-state index contributed by atoms with van der Waals surface area (Å²) in [5.41, 5.74) is 2.02. The fraction of sp³-hybridized carbons (Fsp3) is 0.316. The lowest BCUT2D eigenvalue weighted by molar-refractivity contribution is -0.120. The Kier molecular flexibility index (Phi) is 4.97. The molecule has 1 amide bonds. The van der Waals surface area contributed by atoms with Gasteiger partial charge in [-0.25, -0.2) is 22.3 Å². The smallest absolute Gasteiger partial charge is 0.350 e. The summed E-state index contributed by atoms with van der Waals surface area (Å²) in [6.45, 7) is 2.37. The molecule has 0 fully saturated rings. The van der Waals surface area contributed by atoms with Crippen molar-refractivity contribution in [2.24, 2.45) is 0 Å². The molecule has 1 aromatic carbocycles. The molecule has 29 heavy (non-hydrogen) atoms. The van der Waals surface area contributed by atoms with Gasteiger partial charge in [0.1, 0.15) is 0 Å². The van der Waals surface area contributed by atoms with Crippen molar-refractivity contribution in [3.8, 4) is 0 Å². The van der Waals surface area contributed by atoms with Crippen LogP contribution in [0.5, 0.6) is 0 Å². The third-order valence-corrected chi connectivity index (χ3v) is 6.24. The number of hydrogen-bond donors (Lipinski definition) is 2. The maximum atomic E-state index is 12.8. The van der Waals surface area contributed by atoms with Crippen molar-refractivity contribution in [1.29, 1.82) is 0 Å². The lowest BCUT2D eigenvalue weighted by Gasteiger charge is -2.10. The summed E-state index contributed by atoms with van der Waals surface area (Å²) in [6, 6.07) is 9.25. The Morgan fingerprint density at radius 3 is 2.86 bits per heavy atom. The number of benzene rings is 1. The summed E-state index contributed by atoms with van der Waals surface area (Å²) < 4.78 is 25.6. The molecule has 0 aliphatic carbocycles. The van der Waals surface area contributed by atoms with Crippen molar-refractivity contribution in [3.05, 3.63) is 57.9 Å². The molecule has 0 saturated heterocycles. The van der Waals surface area contributed by atoms with Gasteiger partial charge in [0.25, 0.3) is 0 Å². The molecule has 4 rings (SSSR count). The van der Waals surface area contributed by atoms with Crippen molar-refractivity contribution >= 4 is 32.3 Å². The first-order valence-electron chi connectivity index (χ1n) is 9.23. The monoisotopic (exact) mass is 415 g/mol. The number of amides is 1. The molecule has 0 radical (unpaired) electrons. The molecule has 152 valence electrons. The van der Waals surface area contributed by atoms with Gasteiger partial charge >= 0.3 is 5.69 Å². The fourth-order valence-corrected chi connectivity index (χ4v) is 4.70. The summed E-state index contributed by atoms with van der Waals surface area (Å²) in [4.78, 5) is 24.8. The van der Waals surface area contributed by atoms with E-state index >= 15 is 0 Å². The molecule has 2 aromatic heterocycles. The highest BCUT2D eigenvalue weighted by molar-refractivity contribution is 7.94. The highest BCUT2D eigenvalue weighted by Gasteiger charge is 2.21. The molecule has 0 bridgehead atoms. The number of aryl methyl sites for hydroxylation is 1. The van der Waals surface area contributed by atoms with Crippen LogP contribution in [0.25, 0.3) is 16.6 Å². The van der Waals surface area contributed by atoms with Gasteiger partial charge in [0.15, 0.2) is 15.5 Å². The van der Waals surface area contributed by atoms with Crippen LogP contribution >= 0.6 is 0 Å². The van der Waals surface area contributed by atoms with E-state index in [2.05, 4.69) is 15.7 Å². The quantitative estimate of drug-likeness (QED) is 0.585. The number of sulfone groups is 1. The van der Waals surface area contributed by atoms with Crippen LogP contribution in [0.15, 0.2) is 46.6 Å². The third kappa shape index (κ3) is 3.94. The SMILES string of the molecule is Cc1cc2ccccc2n2c(=O)n(CCNC(=O)CNC3C=CS(=O)(=O)C3)nc12. The largest absolute Gasteiger partial charge is 0.353 e. The average molecular weight is 415 g/mol. The van der Waals surface area contributed by atoms with E-state index in [4.69, 9.17) is 0 Å². The van der Waals surface area contributed by atoms with E-state index < -0.39 is 9.84 Å². The molecule has 0 spiro atoms. The van der Waals surface area contributed by atoms with E-state index in [9.17, 15) is 18.0 Å². The number of fused-ring (bicyclic) bond motifs is 3. The second kappa shape index (κ2) is 7.45. The first-order chi connectivity index (χ1) is 13.8. The van der Waals surface area contributed by atoms with Crippen LogP contribution in [0.1, 0.15) is 5.56 Å². The van der Waals surface area contributed by atoms with E-state index in [1.807, 2.05) is 37.3 Å². The van der Waals surface area contributed by atoms with Gasteiger partial charge in [0.2, 0.25) is 5.91 Å². The number of hydrogen-bond acceptors (Lipinski definition) is 6. The van der Waals surface area contributed by atoms with E-state index in [-0.39, 0.29) is 43.0 Å². The second-order valence-corrected chi connectivity index (χ2v) is 8.98. The van der Waals surface area contributed by atoms with Crippen LogP contribution in [0.4, 0.5) is 0 Å². The maximum absolute atomic E-state index is 12.8. The Morgan fingerprint density at radius 2 is 2.10 bits per heavy atom. The van der Waals surface area contributed by atoms with Gasteiger partial charge < -0.3 is 10.6 Å². The number of pyridine rings is 1. The van der Waals surface area contributed by atoms with Gasteiger partial charge in [-0.15, -0.1) is 5.10 Å². The highest BCUT2D eigenvalue weighted by atomic mass is 32.2. The number of carbonyl (C=O) groups excluding carboxylic acids is 1. The Bertz CT molecular complexity index is 1290. The summed E-state index contributed by atoms with van der Waals surface area (Å²) in [6.07, 6.45) is 1.53. The zero-order chi connectivity index (χ0) is 20.6. The fourth-order valence-electron chi connectivity index (χ4n) is 3.43. The summed E-state index contributed by atoms with van der Waals surface area (Å²) in [5, 5.41) is 12.1.